The fourth-order valence-electron chi connectivity index (χ4n) is 3.15. The first-order valence-electron chi connectivity index (χ1n) is 10.1. The second-order valence-corrected chi connectivity index (χ2v) is 9.58. The summed E-state index contributed by atoms with van der Waals surface area (Å²) in [6.07, 6.45) is 0. The Morgan fingerprint density at radius 3 is 2.61 bits per heavy atom. The van der Waals surface area contributed by atoms with E-state index in [-0.39, 0.29) is 11.7 Å². The van der Waals surface area contributed by atoms with E-state index in [1.54, 1.807) is 41.6 Å². The summed E-state index contributed by atoms with van der Waals surface area (Å²) in [6, 6.07) is 10.4. The van der Waals surface area contributed by atoms with Crippen molar-refractivity contribution in [3.63, 3.8) is 0 Å². The van der Waals surface area contributed by atoms with Gasteiger partial charge in [-0.15, -0.1) is 22.7 Å². The van der Waals surface area contributed by atoms with Crippen molar-refractivity contribution >= 4 is 51.8 Å². The van der Waals surface area contributed by atoms with Crippen molar-refractivity contribution in [2.45, 2.75) is 6.92 Å². The number of aromatic hydroxyl groups is 1. The Bertz CT molecular complexity index is 1200. The molecular weight excluding hydrogens is 484 g/mol. The lowest BCUT2D eigenvalue weighted by Gasteiger charge is -2.26. The molecule has 11 heteroatoms. The van der Waals surface area contributed by atoms with Gasteiger partial charge >= 0.3 is 0 Å². The van der Waals surface area contributed by atoms with Gasteiger partial charge in [0.1, 0.15) is 5.75 Å². The summed E-state index contributed by atoms with van der Waals surface area (Å²) in [5, 5.41) is 18.9. The molecule has 1 saturated heterocycles. The lowest BCUT2D eigenvalue weighted by atomic mass is 10.1. The molecule has 1 aliphatic heterocycles. The van der Waals surface area contributed by atoms with Crippen molar-refractivity contribution < 1.29 is 19.4 Å². The summed E-state index contributed by atoms with van der Waals surface area (Å²) in [5.41, 5.74) is 7.08. The molecule has 0 spiro atoms. The van der Waals surface area contributed by atoms with E-state index in [9.17, 15) is 14.7 Å². The summed E-state index contributed by atoms with van der Waals surface area (Å²) in [7, 11) is 0. The third-order valence-corrected chi connectivity index (χ3v) is 7.23. The second kappa shape index (κ2) is 10.4. The fraction of sp³-hybridized carbons (Fsp3) is 0.227. The third kappa shape index (κ3) is 5.60. The number of morpholine rings is 1. The van der Waals surface area contributed by atoms with Crippen LogP contribution in [-0.4, -0.2) is 53.9 Å². The van der Waals surface area contributed by atoms with Crippen LogP contribution >= 0.6 is 34.3 Å². The van der Waals surface area contributed by atoms with Gasteiger partial charge in [-0.3, -0.25) is 15.0 Å². The third-order valence-electron chi connectivity index (χ3n) is 4.89. The van der Waals surface area contributed by atoms with Crippen molar-refractivity contribution in [1.29, 1.82) is 0 Å². The van der Waals surface area contributed by atoms with E-state index < -0.39 is 5.91 Å². The molecule has 4 rings (SSSR count). The van der Waals surface area contributed by atoms with Crippen LogP contribution < -0.4 is 10.9 Å². The van der Waals surface area contributed by atoms with Crippen LogP contribution in [0.2, 0.25) is 5.02 Å². The summed E-state index contributed by atoms with van der Waals surface area (Å²) in [5.74, 6) is -0.622. The van der Waals surface area contributed by atoms with Crippen molar-refractivity contribution in [1.82, 2.24) is 15.9 Å². The molecule has 0 radical (unpaired) electrons. The van der Waals surface area contributed by atoms with E-state index in [0.29, 0.717) is 57.2 Å². The number of benzene rings is 1. The molecular formula is C22H21ClN4O4S2. The molecule has 0 atom stereocenters. The summed E-state index contributed by atoms with van der Waals surface area (Å²) >= 11 is 8.49. The van der Waals surface area contributed by atoms with Crippen molar-refractivity contribution in [2.75, 3.05) is 26.3 Å². The van der Waals surface area contributed by atoms with Crippen LogP contribution in [0.1, 0.15) is 31.8 Å². The Hall–Kier alpha value is -2.76. The molecule has 33 heavy (non-hydrogen) atoms. The highest BCUT2D eigenvalue weighted by molar-refractivity contribution is 7.16. The predicted octanol–water partition coefficient (Wildman–Crippen LogP) is 3.97. The normalized spacial score (nSPS) is 14.8. The van der Waals surface area contributed by atoms with E-state index >= 15 is 0 Å². The van der Waals surface area contributed by atoms with Gasteiger partial charge in [0, 0.05) is 23.5 Å². The molecule has 3 heterocycles. The number of hydrogen-bond donors (Lipinski definition) is 3. The Kier molecular flexibility index (Phi) is 7.41. The van der Waals surface area contributed by atoms with Gasteiger partial charge in [0.15, 0.2) is 0 Å². The molecule has 1 aromatic carbocycles. The van der Waals surface area contributed by atoms with Crippen LogP contribution in [0.15, 0.2) is 46.9 Å². The maximum Gasteiger partial charge on any atom is 0.281 e. The first kappa shape index (κ1) is 23.4. The molecule has 1 fully saturated rings. The zero-order valence-electron chi connectivity index (χ0n) is 17.6. The Balaban J connectivity index is 1.40. The van der Waals surface area contributed by atoms with Gasteiger partial charge in [-0.2, -0.15) is 5.10 Å². The summed E-state index contributed by atoms with van der Waals surface area (Å²) in [4.78, 5) is 26.4. The maximum atomic E-state index is 12.5. The number of hydrazone groups is 1. The zero-order chi connectivity index (χ0) is 23.4. The lowest BCUT2D eigenvalue weighted by Crippen LogP contribution is -2.48. The average Bonchev–Trinajstić information content (AvgIpc) is 3.45. The Morgan fingerprint density at radius 2 is 1.88 bits per heavy atom. The van der Waals surface area contributed by atoms with Gasteiger partial charge in [-0.05, 0) is 36.8 Å². The minimum Gasteiger partial charge on any atom is -0.506 e. The minimum atomic E-state index is -0.436. The number of thiophene rings is 2. The van der Waals surface area contributed by atoms with Gasteiger partial charge < -0.3 is 9.84 Å². The van der Waals surface area contributed by atoms with Crippen LogP contribution in [0.4, 0.5) is 0 Å². The minimum absolute atomic E-state index is 0.0796. The molecule has 2 aromatic heterocycles. The predicted molar refractivity (Wildman–Crippen MR) is 130 cm³/mol. The molecule has 3 N–H and O–H groups in total. The summed E-state index contributed by atoms with van der Waals surface area (Å²) in [6.45, 7) is 4.06. The van der Waals surface area contributed by atoms with Crippen LogP contribution in [0.25, 0.3) is 10.4 Å². The van der Waals surface area contributed by atoms with Crippen LogP contribution in [-0.2, 0) is 4.74 Å². The van der Waals surface area contributed by atoms with Gasteiger partial charge in [0.2, 0.25) is 0 Å². The zero-order valence-corrected chi connectivity index (χ0v) is 20.0. The quantitative estimate of drug-likeness (QED) is 0.348. The number of hydrazine groups is 1. The van der Waals surface area contributed by atoms with E-state index in [2.05, 4.69) is 16.0 Å². The number of ether oxygens (including phenoxy) is 1. The number of halogens is 1. The number of carbonyl (C=O) groups excluding carboxylic acids is 2. The largest absolute Gasteiger partial charge is 0.506 e. The number of nitrogens with one attached hydrogen (secondary N) is 2. The fourth-order valence-corrected chi connectivity index (χ4v) is 5.13. The second-order valence-electron chi connectivity index (χ2n) is 7.18. The van der Waals surface area contributed by atoms with E-state index in [1.807, 2.05) is 12.1 Å². The topological polar surface area (TPSA) is 103 Å². The molecule has 0 aliphatic carbocycles. The van der Waals surface area contributed by atoms with Gasteiger partial charge in [-0.1, -0.05) is 23.7 Å². The first-order chi connectivity index (χ1) is 15.9. The smallest absolute Gasteiger partial charge is 0.281 e. The summed E-state index contributed by atoms with van der Waals surface area (Å²) < 4.78 is 5.26. The molecule has 3 aromatic rings. The number of hydrogen-bond acceptors (Lipinski definition) is 8. The first-order valence-corrected chi connectivity index (χ1v) is 12.1. The highest BCUT2D eigenvalue weighted by Crippen LogP contribution is 2.39. The highest BCUT2D eigenvalue weighted by Gasteiger charge is 2.18. The molecule has 172 valence electrons. The SMILES string of the molecule is CC(=NNC(=O)c1ccc(C(=O)NN2CCOCC2)s1)c1csc(-c2cccc(Cl)c2)c1O. The van der Waals surface area contributed by atoms with Gasteiger partial charge in [0.05, 0.1) is 39.1 Å². The van der Waals surface area contributed by atoms with Gasteiger partial charge in [0.25, 0.3) is 11.8 Å². The van der Waals surface area contributed by atoms with E-state index in [0.717, 1.165) is 16.9 Å². The van der Waals surface area contributed by atoms with E-state index in [4.69, 9.17) is 16.3 Å². The van der Waals surface area contributed by atoms with Crippen molar-refractivity contribution in [3.8, 4) is 16.2 Å². The van der Waals surface area contributed by atoms with Crippen LogP contribution in [0.3, 0.4) is 0 Å². The standard InChI is InChI=1S/C22H21ClN4O4S2/c1-13(16-12-32-20(19(16)28)14-3-2-4-15(23)11-14)24-25-21(29)17-5-6-18(33-17)22(30)26-27-7-9-31-10-8-27/h2-6,11-12,28H,7-10H2,1H3,(H,25,29)(H,26,30). The maximum absolute atomic E-state index is 12.5. The highest BCUT2D eigenvalue weighted by atomic mass is 35.5. The number of carbonyl (C=O) groups is 2. The molecule has 8 nitrogen and oxygen atoms in total. The van der Waals surface area contributed by atoms with Crippen LogP contribution in [0, 0.1) is 0 Å². The average molecular weight is 505 g/mol. The molecule has 2 amide bonds. The van der Waals surface area contributed by atoms with Crippen molar-refractivity contribution in [2.24, 2.45) is 5.10 Å². The molecule has 0 saturated carbocycles. The molecule has 1 aliphatic rings. The monoisotopic (exact) mass is 504 g/mol. The molecule has 0 bridgehead atoms. The lowest BCUT2D eigenvalue weighted by molar-refractivity contribution is 0.0127. The Labute approximate surface area is 203 Å². The Morgan fingerprint density at radius 1 is 1.15 bits per heavy atom. The van der Waals surface area contributed by atoms with Gasteiger partial charge in [-0.25, -0.2) is 10.4 Å². The van der Waals surface area contributed by atoms with Crippen molar-refractivity contribution in [3.05, 3.63) is 62.1 Å². The van der Waals surface area contributed by atoms with Crippen LogP contribution in [0.5, 0.6) is 5.75 Å². The number of rotatable bonds is 6. The number of amides is 2. The molecule has 0 unspecified atom stereocenters. The number of nitrogens with zero attached hydrogens (tertiary/aromatic N) is 2. The van der Waals surface area contributed by atoms with E-state index in [1.165, 1.54) is 11.3 Å².